The zero-order chi connectivity index (χ0) is 15.3. The molecule has 0 radical (unpaired) electrons. The van der Waals surface area contributed by atoms with Crippen LogP contribution < -0.4 is 0 Å². The Bertz CT molecular complexity index is 614. The van der Waals surface area contributed by atoms with E-state index < -0.39 is 5.54 Å². The van der Waals surface area contributed by atoms with Crippen molar-refractivity contribution >= 4 is 11.9 Å². The van der Waals surface area contributed by atoms with Crippen molar-refractivity contribution in [1.82, 2.24) is 9.88 Å². The van der Waals surface area contributed by atoms with E-state index in [1.165, 1.54) is 20.0 Å². The van der Waals surface area contributed by atoms with E-state index in [2.05, 4.69) is 4.98 Å². The number of hydrogen-bond acceptors (Lipinski definition) is 4. The normalized spacial score (nSPS) is 33.0. The van der Waals surface area contributed by atoms with Gasteiger partial charge in [-0.1, -0.05) is 6.07 Å². The molecule has 4 fully saturated rings. The third-order valence-electron chi connectivity index (χ3n) is 5.53. The first-order valence-electron chi connectivity index (χ1n) is 7.99. The van der Waals surface area contributed by atoms with E-state index in [1.54, 1.807) is 29.3 Å². The average molecular weight is 300 g/mol. The van der Waals surface area contributed by atoms with Crippen LogP contribution in [0.25, 0.3) is 0 Å². The number of amides is 1. The Morgan fingerprint density at radius 2 is 2.09 bits per heavy atom. The maximum atomic E-state index is 12.8. The van der Waals surface area contributed by atoms with Crippen molar-refractivity contribution < 1.29 is 14.3 Å². The zero-order valence-electron chi connectivity index (χ0n) is 12.7. The highest BCUT2D eigenvalue weighted by molar-refractivity contribution is 5.98. The number of ether oxygens (including phenoxy) is 1. The summed E-state index contributed by atoms with van der Waals surface area (Å²) in [7, 11) is 1.41. The number of piperidine rings is 1. The number of carbonyl (C=O) groups excluding carboxylic acids is 2. The summed E-state index contributed by atoms with van der Waals surface area (Å²) >= 11 is 0. The van der Waals surface area contributed by atoms with Crippen molar-refractivity contribution in [2.45, 2.75) is 43.7 Å². The van der Waals surface area contributed by atoms with Gasteiger partial charge in [-0.25, -0.2) is 4.79 Å². The molecule has 0 N–H and O–H groups in total. The predicted octanol–water partition coefficient (Wildman–Crippen LogP) is 2.03. The Morgan fingerprint density at radius 1 is 1.27 bits per heavy atom. The SMILES string of the molecule is COC(=O)C12CC(C3CC3)CC(C1)N2C(=O)c1ccccn1. The van der Waals surface area contributed by atoms with Crippen LogP contribution in [0.5, 0.6) is 0 Å². The Morgan fingerprint density at radius 3 is 2.73 bits per heavy atom. The van der Waals surface area contributed by atoms with Crippen LogP contribution in [-0.2, 0) is 9.53 Å². The van der Waals surface area contributed by atoms with Crippen LogP contribution in [0.2, 0.25) is 0 Å². The molecule has 3 unspecified atom stereocenters. The zero-order valence-corrected chi connectivity index (χ0v) is 12.7. The van der Waals surface area contributed by atoms with Crippen molar-refractivity contribution in [2.75, 3.05) is 7.11 Å². The standard InChI is InChI=1S/C17H20N2O3/c1-22-16(21)17-9-12(11-5-6-11)8-13(10-17)19(17)15(20)14-4-2-3-7-18-14/h2-4,7,11-13H,5-6,8-10H2,1H3. The maximum Gasteiger partial charge on any atom is 0.331 e. The molecular weight excluding hydrogens is 280 g/mol. The molecule has 3 atom stereocenters. The van der Waals surface area contributed by atoms with E-state index in [-0.39, 0.29) is 17.9 Å². The number of fused-ring (bicyclic) bond motifs is 2. The molecule has 1 amide bonds. The summed E-state index contributed by atoms with van der Waals surface area (Å²) in [6.07, 6.45) is 6.65. The minimum Gasteiger partial charge on any atom is -0.467 e. The quantitative estimate of drug-likeness (QED) is 0.801. The van der Waals surface area contributed by atoms with E-state index in [0.717, 1.165) is 25.2 Å². The summed E-state index contributed by atoms with van der Waals surface area (Å²) in [5.74, 6) is 0.902. The lowest BCUT2D eigenvalue weighted by molar-refractivity contribution is -0.179. The van der Waals surface area contributed by atoms with Crippen LogP contribution in [0.3, 0.4) is 0 Å². The van der Waals surface area contributed by atoms with Crippen LogP contribution in [0.15, 0.2) is 24.4 Å². The molecule has 0 spiro atoms. The number of hydrogen-bond donors (Lipinski definition) is 0. The second-order valence-electron chi connectivity index (χ2n) is 6.81. The number of methoxy groups -OCH3 is 1. The molecule has 3 heterocycles. The molecule has 1 aromatic heterocycles. The summed E-state index contributed by atoms with van der Waals surface area (Å²) in [6.45, 7) is 0. The van der Waals surface area contributed by atoms with Crippen LogP contribution in [0.4, 0.5) is 0 Å². The monoisotopic (exact) mass is 300 g/mol. The highest BCUT2D eigenvalue weighted by atomic mass is 16.5. The molecule has 1 aromatic rings. The molecule has 2 aliphatic carbocycles. The van der Waals surface area contributed by atoms with Crippen molar-refractivity contribution in [3.8, 4) is 0 Å². The van der Waals surface area contributed by atoms with Crippen LogP contribution >= 0.6 is 0 Å². The predicted molar refractivity (Wildman–Crippen MR) is 79.0 cm³/mol. The lowest BCUT2D eigenvalue weighted by Crippen LogP contribution is -2.75. The van der Waals surface area contributed by atoms with Gasteiger partial charge in [0.1, 0.15) is 11.2 Å². The number of nitrogens with zero attached hydrogens (tertiary/aromatic N) is 2. The first-order valence-corrected chi connectivity index (χ1v) is 7.99. The Hall–Kier alpha value is -1.91. The number of pyridine rings is 1. The maximum absolute atomic E-state index is 12.8. The van der Waals surface area contributed by atoms with Crippen molar-refractivity contribution in [3.05, 3.63) is 30.1 Å². The lowest BCUT2D eigenvalue weighted by Gasteiger charge is -2.61. The fraction of sp³-hybridized carbons (Fsp3) is 0.588. The van der Waals surface area contributed by atoms with Crippen molar-refractivity contribution in [3.63, 3.8) is 0 Å². The fourth-order valence-electron chi connectivity index (χ4n) is 4.41. The fourth-order valence-corrected chi connectivity index (χ4v) is 4.41. The first-order chi connectivity index (χ1) is 10.7. The molecule has 116 valence electrons. The van der Waals surface area contributed by atoms with Crippen LogP contribution in [0, 0.1) is 11.8 Å². The number of esters is 1. The molecule has 2 saturated heterocycles. The van der Waals surface area contributed by atoms with Crippen molar-refractivity contribution in [1.29, 1.82) is 0 Å². The molecule has 5 nitrogen and oxygen atoms in total. The van der Waals surface area contributed by atoms with Gasteiger partial charge in [-0.3, -0.25) is 9.78 Å². The van der Waals surface area contributed by atoms with Crippen LogP contribution in [-0.4, -0.2) is 40.5 Å². The van der Waals surface area contributed by atoms with Gasteiger partial charge in [0.15, 0.2) is 0 Å². The van der Waals surface area contributed by atoms with E-state index in [1.807, 2.05) is 0 Å². The summed E-state index contributed by atoms with van der Waals surface area (Å²) in [6, 6.07) is 5.45. The highest BCUT2D eigenvalue weighted by Gasteiger charge is 2.65. The first kappa shape index (κ1) is 13.7. The molecule has 5 rings (SSSR count). The van der Waals surface area contributed by atoms with E-state index >= 15 is 0 Å². The Kier molecular flexibility index (Phi) is 2.99. The Labute approximate surface area is 129 Å². The number of carbonyl (C=O) groups is 2. The second kappa shape index (κ2) is 4.80. The topological polar surface area (TPSA) is 59.5 Å². The van der Waals surface area contributed by atoms with Gasteiger partial charge >= 0.3 is 5.97 Å². The van der Waals surface area contributed by atoms with Gasteiger partial charge in [-0.15, -0.1) is 0 Å². The second-order valence-corrected chi connectivity index (χ2v) is 6.81. The summed E-state index contributed by atoms with van der Waals surface area (Å²) < 4.78 is 5.04. The Balaban J connectivity index is 1.64. The molecule has 0 aromatic carbocycles. The van der Waals surface area contributed by atoms with Gasteiger partial charge in [-0.2, -0.15) is 0 Å². The molecule has 2 bridgehead atoms. The lowest BCUT2D eigenvalue weighted by atomic mass is 9.62. The third kappa shape index (κ3) is 1.87. The molecule has 4 aliphatic rings. The highest BCUT2D eigenvalue weighted by Crippen LogP contribution is 2.56. The largest absolute Gasteiger partial charge is 0.467 e. The van der Waals surface area contributed by atoms with Gasteiger partial charge < -0.3 is 9.64 Å². The summed E-state index contributed by atoms with van der Waals surface area (Å²) in [4.78, 5) is 31.1. The molecule has 22 heavy (non-hydrogen) atoms. The molecule has 5 heteroatoms. The van der Waals surface area contributed by atoms with Crippen LogP contribution in [0.1, 0.15) is 42.6 Å². The molecule has 2 saturated carbocycles. The number of aromatic nitrogens is 1. The van der Waals surface area contributed by atoms with E-state index in [4.69, 9.17) is 4.74 Å². The van der Waals surface area contributed by atoms with Crippen molar-refractivity contribution in [2.24, 2.45) is 11.8 Å². The van der Waals surface area contributed by atoms with Gasteiger partial charge in [0, 0.05) is 18.7 Å². The average Bonchev–Trinajstić information content (AvgIpc) is 3.39. The van der Waals surface area contributed by atoms with Gasteiger partial charge in [0.2, 0.25) is 0 Å². The van der Waals surface area contributed by atoms with E-state index in [0.29, 0.717) is 11.6 Å². The smallest absolute Gasteiger partial charge is 0.331 e. The third-order valence-corrected chi connectivity index (χ3v) is 5.53. The van der Waals surface area contributed by atoms with Gasteiger partial charge in [-0.05, 0) is 49.7 Å². The summed E-state index contributed by atoms with van der Waals surface area (Å²) in [5, 5.41) is 0. The minimum atomic E-state index is -0.750. The van der Waals surface area contributed by atoms with Gasteiger partial charge in [0.25, 0.3) is 5.91 Å². The van der Waals surface area contributed by atoms with E-state index in [9.17, 15) is 9.59 Å². The van der Waals surface area contributed by atoms with Gasteiger partial charge in [0.05, 0.1) is 7.11 Å². The molecular formula is C17H20N2O3. The minimum absolute atomic E-state index is 0.142. The molecule has 2 aliphatic heterocycles. The number of rotatable bonds is 3. The summed E-state index contributed by atoms with van der Waals surface area (Å²) in [5.41, 5.74) is -0.343.